The molecule has 1 atom stereocenters. The Morgan fingerprint density at radius 2 is 1.90 bits per heavy atom. The molecule has 8 heteroatoms. The molecule has 1 fully saturated rings. The summed E-state index contributed by atoms with van der Waals surface area (Å²) in [6, 6.07) is 10.3. The van der Waals surface area contributed by atoms with Crippen LogP contribution in [0, 0.1) is 0 Å². The zero-order valence-electron chi connectivity index (χ0n) is 16.2. The Morgan fingerprint density at radius 3 is 2.52 bits per heavy atom. The van der Waals surface area contributed by atoms with E-state index in [1.54, 1.807) is 6.07 Å². The lowest BCUT2D eigenvalue weighted by Crippen LogP contribution is -2.53. The van der Waals surface area contributed by atoms with Gasteiger partial charge in [0.05, 0.1) is 4.88 Å². The Labute approximate surface area is 179 Å². The Hall–Kier alpha value is -2.38. The molecule has 1 saturated heterocycles. The van der Waals surface area contributed by atoms with Gasteiger partial charge in [-0.3, -0.25) is 14.4 Å². The predicted molar refractivity (Wildman–Crippen MR) is 114 cm³/mol. The molecule has 0 radical (unpaired) electrons. The lowest BCUT2D eigenvalue weighted by Gasteiger charge is -2.33. The van der Waals surface area contributed by atoms with Gasteiger partial charge in [0.2, 0.25) is 11.8 Å². The monoisotopic (exact) mass is 433 g/mol. The molecule has 1 aliphatic heterocycles. The molecule has 3 rings (SSSR count). The Morgan fingerprint density at radius 1 is 1.17 bits per heavy atom. The van der Waals surface area contributed by atoms with Gasteiger partial charge in [0.25, 0.3) is 5.91 Å². The molecule has 2 heterocycles. The van der Waals surface area contributed by atoms with Crippen LogP contribution in [0.2, 0.25) is 5.02 Å². The molecule has 2 aromatic rings. The van der Waals surface area contributed by atoms with Gasteiger partial charge in [0.15, 0.2) is 0 Å². The number of carbonyl (C=O) groups is 3. The van der Waals surface area contributed by atoms with Crippen LogP contribution < -0.4 is 10.6 Å². The molecular weight excluding hydrogens is 410 g/mol. The van der Waals surface area contributed by atoms with Crippen molar-refractivity contribution in [2.24, 2.45) is 0 Å². The average Bonchev–Trinajstić information content (AvgIpc) is 3.23. The van der Waals surface area contributed by atoms with Gasteiger partial charge in [-0.25, -0.2) is 0 Å². The first-order chi connectivity index (χ1) is 13.9. The van der Waals surface area contributed by atoms with E-state index in [1.165, 1.54) is 18.3 Å². The number of hydrogen-bond donors (Lipinski definition) is 2. The predicted octanol–water partition coefficient (Wildman–Crippen LogP) is 2.87. The van der Waals surface area contributed by atoms with Gasteiger partial charge in [0.1, 0.15) is 6.04 Å². The van der Waals surface area contributed by atoms with Crippen LogP contribution in [0.15, 0.2) is 41.8 Å². The third-order valence-corrected chi connectivity index (χ3v) is 6.16. The summed E-state index contributed by atoms with van der Waals surface area (Å²) in [5.41, 5.74) is 0.805. The minimum atomic E-state index is -0.696. The van der Waals surface area contributed by atoms with E-state index in [9.17, 15) is 14.4 Å². The van der Waals surface area contributed by atoms with Gasteiger partial charge < -0.3 is 15.5 Å². The van der Waals surface area contributed by atoms with Crippen LogP contribution in [0.1, 0.15) is 35.0 Å². The van der Waals surface area contributed by atoms with Crippen LogP contribution in [0.3, 0.4) is 0 Å². The molecule has 0 spiro atoms. The van der Waals surface area contributed by atoms with Crippen molar-refractivity contribution in [2.75, 3.05) is 13.1 Å². The number of carbonyl (C=O) groups excluding carboxylic acids is 3. The van der Waals surface area contributed by atoms with E-state index in [-0.39, 0.29) is 23.8 Å². The first-order valence-corrected chi connectivity index (χ1v) is 10.8. The number of benzene rings is 1. The normalized spacial score (nSPS) is 15.6. The van der Waals surface area contributed by atoms with Crippen molar-refractivity contribution in [3.63, 3.8) is 0 Å². The highest BCUT2D eigenvalue weighted by molar-refractivity contribution is 7.12. The highest BCUT2D eigenvalue weighted by Gasteiger charge is 2.28. The summed E-state index contributed by atoms with van der Waals surface area (Å²) in [7, 11) is 0. The van der Waals surface area contributed by atoms with Gasteiger partial charge >= 0.3 is 0 Å². The maximum Gasteiger partial charge on any atom is 0.263 e. The van der Waals surface area contributed by atoms with E-state index in [0.717, 1.165) is 10.4 Å². The summed E-state index contributed by atoms with van der Waals surface area (Å²) < 4.78 is 0. The molecule has 29 heavy (non-hydrogen) atoms. The Bertz CT molecular complexity index is 864. The lowest BCUT2D eigenvalue weighted by molar-refractivity contribution is -0.128. The van der Waals surface area contributed by atoms with E-state index >= 15 is 0 Å². The summed E-state index contributed by atoms with van der Waals surface area (Å²) >= 11 is 7.64. The summed E-state index contributed by atoms with van der Waals surface area (Å²) in [5.74, 6) is -0.462. The quantitative estimate of drug-likeness (QED) is 0.735. The molecule has 0 aliphatic carbocycles. The number of amides is 3. The molecule has 1 aliphatic rings. The van der Waals surface area contributed by atoms with Crippen molar-refractivity contribution in [3.8, 4) is 0 Å². The molecule has 1 aromatic heterocycles. The maximum atomic E-state index is 12.8. The second-order valence-corrected chi connectivity index (χ2v) is 8.46. The molecule has 2 N–H and O–H groups in total. The first kappa shape index (κ1) is 21.3. The fourth-order valence-corrected chi connectivity index (χ4v) is 4.33. The molecule has 0 unspecified atom stereocenters. The van der Waals surface area contributed by atoms with Crippen LogP contribution in [-0.4, -0.2) is 47.8 Å². The number of likely N-dealkylation sites (tertiary alicyclic amines) is 1. The molecule has 154 valence electrons. The van der Waals surface area contributed by atoms with Gasteiger partial charge in [-0.05, 0) is 35.9 Å². The highest BCUT2D eigenvalue weighted by Crippen LogP contribution is 2.19. The van der Waals surface area contributed by atoms with E-state index in [0.29, 0.717) is 37.4 Å². The average molecular weight is 434 g/mol. The molecular formula is C21H24ClN3O3S. The van der Waals surface area contributed by atoms with Crippen molar-refractivity contribution in [2.45, 2.75) is 38.3 Å². The van der Waals surface area contributed by atoms with E-state index in [2.05, 4.69) is 10.6 Å². The largest absolute Gasteiger partial charge is 0.351 e. The Kier molecular flexibility index (Phi) is 7.28. The van der Waals surface area contributed by atoms with Crippen LogP contribution in [0.25, 0.3) is 0 Å². The highest BCUT2D eigenvalue weighted by atomic mass is 35.5. The minimum absolute atomic E-state index is 0.0302. The van der Waals surface area contributed by atoms with E-state index < -0.39 is 6.04 Å². The van der Waals surface area contributed by atoms with Gasteiger partial charge in [0, 0.05) is 37.5 Å². The maximum absolute atomic E-state index is 12.8. The summed E-state index contributed by atoms with van der Waals surface area (Å²) in [5, 5.41) is 8.20. The van der Waals surface area contributed by atoms with Crippen LogP contribution in [0.5, 0.6) is 0 Å². The van der Waals surface area contributed by atoms with Crippen LogP contribution in [0.4, 0.5) is 0 Å². The zero-order valence-corrected chi connectivity index (χ0v) is 17.8. The topological polar surface area (TPSA) is 78.5 Å². The second kappa shape index (κ2) is 9.89. The van der Waals surface area contributed by atoms with Crippen molar-refractivity contribution in [3.05, 3.63) is 57.2 Å². The number of rotatable bonds is 6. The molecule has 0 saturated carbocycles. The third kappa shape index (κ3) is 5.81. The van der Waals surface area contributed by atoms with Crippen molar-refractivity contribution in [1.29, 1.82) is 0 Å². The lowest BCUT2D eigenvalue weighted by atomic mass is 10.0. The summed E-state index contributed by atoms with van der Waals surface area (Å²) in [6.07, 6.45) is 1.68. The number of halogens is 1. The standard InChI is InChI=1S/C21H24ClN3O3S/c1-14(26)23-18(13-15-5-2-3-6-17(15)22)20(27)24-16-8-10-25(11-9-16)21(28)19-7-4-12-29-19/h2-7,12,16,18H,8-11,13H2,1H3,(H,23,26)(H,24,27)/t18-/m1/s1. The molecule has 3 amide bonds. The number of nitrogens with zero attached hydrogens (tertiary/aromatic N) is 1. The fourth-order valence-electron chi connectivity index (χ4n) is 3.42. The number of thiophene rings is 1. The van der Waals surface area contributed by atoms with E-state index in [1.807, 2.05) is 40.6 Å². The summed E-state index contributed by atoms with van der Waals surface area (Å²) in [4.78, 5) is 39.4. The number of nitrogens with one attached hydrogen (secondary N) is 2. The molecule has 6 nitrogen and oxygen atoms in total. The molecule has 0 bridgehead atoms. The minimum Gasteiger partial charge on any atom is -0.351 e. The van der Waals surface area contributed by atoms with Crippen LogP contribution >= 0.6 is 22.9 Å². The van der Waals surface area contributed by atoms with Crippen molar-refractivity contribution in [1.82, 2.24) is 15.5 Å². The van der Waals surface area contributed by atoms with E-state index in [4.69, 9.17) is 11.6 Å². The number of hydrogen-bond acceptors (Lipinski definition) is 4. The summed E-state index contributed by atoms with van der Waals surface area (Å²) in [6.45, 7) is 2.58. The smallest absolute Gasteiger partial charge is 0.263 e. The van der Waals surface area contributed by atoms with Gasteiger partial charge in [-0.15, -0.1) is 11.3 Å². The second-order valence-electron chi connectivity index (χ2n) is 7.10. The SMILES string of the molecule is CC(=O)N[C@H](Cc1ccccc1Cl)C(=O)NC1CCN(C(=O)c2cccs2)CC1. The third-order valence-electron chi connectivity index (χ3n) is 4.94. The van der Waals surface area contributed by atoms with Crippen LogP contribution in [-0.2, 0) is 16.0 Å². The van der Waals surface area contributed by atoms with Gasteiger partial charge in [-0.2, -0.15) is 0 Å². The van der Waals surface area contributed by atoms with Crippen molar-refractivity contribution >= 4 is 40.7 Å². The first-order valence-electron chi connectivity index (χ1n) is 9.57. The zero-order chi connectivity index (χ0) is 20.8. The number of piperidine rings is 1. The fraction of sp³-hybridized carbons (Fsp3) is 0.381. The van der Waals surface area contributed by atoms with Gasteiger partial charge in [-0.1, -0.05) is 35.9 Å². The van der Waals surface area contributed by atoms with Crippen molar-refractivity contribution < 1.29 is 14.4 Å². The molecule has 1 aromatic carbocycles. The Balaban J connectivity index is 1.56.